The van der Waals surface area contributed by atoms with E-state index in [2.05, 4.69) is 55.2 Å². The number of piperidine rings is 1. The lowest BCUT2D eigenvalue weighted by Crippen LogP contribution is -2.48. The van der Waals surface area contributed by atoms with Gasteiger partial charge in [0, 0.05) is 76.4 Å². The molecule has 0 spiro atoms. The number of nitrogens with zero attached hydrogens (tertiary/aromatic N) is 6. The van der Waals surface area contributed by atoms with Crippen molar-refractivity contribution in [2.75, 3.05) is 31.6 Å². The van der Waals surface area contributed by atoms with Crippen LogP contribution in [0.15, 0.2) is 24.5 Å². The molecule has 0 aliphatic carbocycles. The van der Waals surface area contributed by atoms with E-state index in [1.54, 1.807) is 6.20 Å². The molecule has 5 rings (SSSR count). The van der Waals surface area contributed by atoms with Crippen LogP contribution in [0, 0.1) is 6.92 Å². The summed E-state index contributed by atoms with van der Waals surface area (Å²) in [5.41, 5.74) is 3.93. The monoisotopic (exact) mass is 728 g/mol. The molecule has 2 unspecified atom stereocenters. The van der Waals surface area contributed by atoms with Gasteiger partial charge in [-0.25, -0.2) is 14.8 Å². The Labute approximate surface area is 299 Å². The van der Waals surface area contributed by atoms with Crippen molar-refractivity contribution in [2.24, 2.45) is 0 Å². The van der Waals surface area contributed by atoms with Gasteiger partial charge in [-0.05, 0) is 77.1 Å². The van der Waals surface area contributed by atoms with Gasteiger partial charge in [-0.2, -0.15) is 9.61 Å². The SMILES string of the molecule is Cc1cc(-c2cnn3c(N(COCC[Si](C)(C)C)COCC[Si](C)(C)C)cc(C4CC5CCC(C4)N5C(=O)OC(C)(C)C)nc23)cnc1Cl. The molecule has 2 bridgehead atoms. The van der Waals surface area contributed by atoms with E-state index < -0.39 is 21.7 Å². The molecular formula is C36H57ClN6O4Si2. The van der Waals surface area contributed by atoms with Crippen molar-refractivity contribution in [1.29, 1.82) is 0 Å². The molecule has 10 nitrogen and oxygen atoms in total. The predicted octanol–water partition coefficient (Wildman–Crippen LogP) is 8.83. The van der Waals surface area contributed by atoms with Crippen molar-refractivity contribution in [3.8, 4) is 11.1 Å². The molecule has 0 saturated carbocycles. The molecule has 2 saturated heterocycles. The number of rotatable bonds is 13. The van der Waals surface area contributed by atoms with Crippen molar-refractivity contribution in [2.45, 2.75) is 128 Å². The van der Waals surface area contributed by atoms with Crippen molar-refractivity contribution in [3.05, 3.63) is 40.9 Å². The maximum atomic E-state index is 13.3. The second-order valence-corrected chi connectivity index (χ2v) is 28.9. The van der Waals surface area contributed by atoms with Gasteiger partial charge < -0.3 is 24.0 Å². The minimum Gasteiger partial charge on any atom is -0.444 e. The fourth-order valence-corrected chi connectivity index (χ4v) is 8.23. The number of pyridine rings is 1. The molecule has 49 heavy (non-hydrogen) atoms. The highest BCUT2D eigenvalue weighted by molar-refractivity contribution is 6.76. The first-order valence-corrected chi connectivity index (χ1v) is 25.6. The maximum absolute atomic E-state index is 13.3. The van der Waals surface area contributed by atoms with Crippen molar-refractivity contribution in [3.63, 3.8) is 0 Å². The van der Waals surface area contributed by atoms with E-state index >= 15 is 0 Å². The summed E-state index contributed by atoms with van der Waals surface area (Å²) in [6, 6.07) is 6.63. The van der Waals surface area contributed by atoms with Crippen LogP contribution < -0.4 is 4.90 Å². The van der Waals surface area contributed by atoms with Crippen molar-refractivity contribution >= 4 is 45.3 Å². The van der Waals surface area contributed by atoms with E-state index in [1.165, 1.54) is 0 Å². The summed E-state index contributed by atoms with van der Waals surface area (Å²) in [4.78, 5) is 27.2. The Morgan fingerprint density at radius 1 is 0.959 bits per heavy atom. The van der Waals surface area contributed by atoms with Crippen LogP contribution in [0.3, 0.4) is 0 Å². The number of halogens is 1. The molecular weight excluding hydrogens is 672 g/mol. The average Bonchev–Trinajstić information content (AvgIpc) is 3.53. The van der Waals surface area contributed by atoms with E-state index in [0.717, 1.165) is 71.6 Å². The van der Waals surface area contributed by atoms with Crippen molar-refractivity contribution < 1.29 is 19.0 Å². The summed E-state index contributed by atoms with van der Waals surface area (Å²) in [6.07, 6.45) is 7.08. The molecule has 1 amide bonds. The Balaban J connectivity index is 1.52. The number of ether oxygens (including phenoxy) is 3. The number of carbonyl (C=O) groups is 1. The maximum Gasteiger partial charge on any atom is 0.410 e. The third-order valence-electron chi connectivity index (χ3n) is 9.36. The highest BCUT2D eigenvalue weighted by Crippen LogP contribution is 2.44. The number of hydrogen-bond acceptors (Lipinski definition) is 8. The fraction of sp³-hybridized carbons (Fsp3) is 0.667. The minimum atomic E-state index is -1.26. The van der Waals surface area contributed by atoms with E-state index in [-0.39, 0.29) is 24.1 Å². The van der Waals surface area contributed by atoms with Crippen LogP contribution in [-0.4, -0.2) is 91.1 Å². The van der Waals surface area contributed by atoms with E-state index in [1.807, 2.05) is 49.4 Å². The summed E-state index contributed by atoms with van der Waals surface area (Å²) in [7, 11) is -2.53. The standard InChI is InChI=1S/C36H57ClN6O4Si2/c1-25-17-27(21-38-33(25)37)30-22-39-43-32(41(23-45-13-15-48(5,6)7)24-46-14-16-49(8,9)10)20-31(40-34(30)43)26-18-28-11-12-29(19-26)42(28)35(44)47-36(2,3)4/h17,20-22,26,28-29H,11-16,18-19,23-24H2,1-10H3. The Hall–Kier alpha value is -2.52. The number of aryl methyl sites for hydroxylation is 1. The first kappa shape index (κ1) is 37.7. The third-order valence-corrected chi connectivity index (χ3v) is 13.2. The highest BCUT2D eigenvalue weighted by atomic mass is 35.5. The lowest BCUT2D eigenvalue weighted by atomic mass is 9.88. The average molecular weight is 730 g/mol. The first-order valence-electron chi connectivity index (χ1n) is 17.8. The fourth-order valence-electron chi connectivity index (χ4n) is 6.62. The van der Waals surface area contributed by atoms with Crippen LogP contribution >= 0.6 is 11.6 Å². The number of amides is 1. The van der Waals surface area contributed by atoms with Crippen LogP contribution in [0.2, 0.25) is 56.5 Å². The summed E-state index contributed by atoms with van der Waals surface area (Å²) in [6.45, 7) is 24.1. The second kappa shape index (κ2) is 15.0. The molecule has 2 aliphatic heterocycles. The third kappa shape index (κ3) is 9.84. The zero-order chi connectivity index (χ0) is 35.7. The van der Waals surface area contributed by atoms with Gasteiger partial charge in [-0.3, -0.25) is 0 Å². The molecule has 0 aromatic carbocycles. The van der Waals surface area contributed by atoms with Crippen molar-refractivity contribution in [1.82, 2.24) is 24.5 Å². The normalized spacial score (nSPS) is 19.9. The Bertz CT molecular complexity index is 1580. The number of anilines is 1. The molecule has 5 heterocycles. The van der Waals surface area contributed by atoms with Crippen LogP contribution in [0.4, 0.5) is 10.6 Å². The van der Waals surface area contributed by atoms with Crippen LogP contribution in [0.25, 0.3) is 16.8 Å². The summed E-state index contributed by atoms with van der Waals surface area (Å²) in [5.74, 6) is 1.06. The smallest absolute Gasteiger partial charge is 0.410 e. The lowest BCUT2D eigenvalue weighted by molar-refractivity contribution is 0.00569. The summed E-state index contributed by atoms with van der Waals surface area (Å²) >= 11 is 6.32. The number of aromatic nitrogens is 4. The predicted molar refractivity (Wildman–Crippen MR) is 203 cm³/mol. The highest BCUT2D eigenvalue weighted by Gasteiger charge is 2.45. The molecule has 0 radical (unpaired) electrons. The molecule has 3 aromatic rings. The molecule has 0 N–H and O–H groups in total. The summed E-state index contributed by atoms with van der Waals surface area (Å²) in [5, 5.41) is 5.37. The van der Waals surface area contributed by atoms with Gasteiger partial charge >= 0.3 is 6.09 Å². The zero-order valence-corrected chi connectivity index (χ0v) is 34.1. The Morgan fingerprint density at radius 2 is 1.55 bits per heavy atom. The molecule has 2 fully saturated rings. The molecule has 13 heteroatoms. The molecule has 270 valence electrons. The van der Waals surface area contributed by atoms with E-state index in [4.69, 9.17) is 35.9 Å². The number of hydrogen-bond donors (Lipinski definition) is 0. The van der Waals surface area contributed by atoms with Gasteiger partial charge in [0.1, 0.15) is 30.0 Å². The van der Waals surface area contributed by atoms with Crippen LogP contribution in [0.5, 0.6) is 0 Å². The van der Waals surface area contributed by atoms with Gasteiger partial charge in [0.05, 0.1) is 6.20 Å². The summed E-state index contributed by atoms with van der Waals surface area (Å²) < 4.78 is 20.4. The minimum absolute atomic E-state index is 0.124. The van der Waals surface area contributed by atoms with E-state index in [0.29, 0.717) is 31.8 Å². The molecule has 2 atom stereocenters. The molecule has 3 aromatic heterocycles. The zero-order valence-electron chi connectivity index (χ0n) is 31.3. The Kier molecular flexibility index (Phi) is 11.5. The quantitative estimate of drug-likeness (QED) is 0.0746. The van der Waals surface area contributed by atoms with E-state index in [9.17, 15) is 4.79 Å². The number of fused-ring (bicyclic) bond motifs is 3. The largest absolute Gasteiger partial charge is 0.444 e. The lowest BCUT2D eigenvalue weighted by Gasteiger charge is -2.39. The van der Waals surface area contributed by atoms with Gasteiger partial charge in [0.25, 0.3) is 0 Å². The van der Waals surface area contributed by atoms with Gasteiger partial charge in [-0.1, -0.05) is 50.9 Å². The number of carbonyl (C=O) groups excluding carboxylic acids is 1. The van der Waals surface area contributed by atoms with Gasteiger partial charge in [0.2, 0.25) is 0 Å². The topological polar surface area (TPSA) is 94.3 Å². The molecule has 2 aliphatic rings. The van der Waals surface area contributed by atoms with Crippen LogP contribution in [-0.2, 0) is 14.2 Å². The van der Waals surface area contributed by atoms with Crippen LogP contribution in [0.1, 0.15) is 63.6 Å². The van der Waals surface area contributed by atoms with Gasteiger partial charge in [0.15, 0.2) is 5.65 Å². The second-order valence-electron chi connectivity index (χ2n) is 17.3. The Morgan fingerprint density at radius 3 is 2.08 bits per heavy atom. The van der Waals surface area contributed by atoms with Gasteiger partial charge in [-0.15, -0.1) is 0 Å². The first-order chi connectivity index (χ1) is 22.9.